The molecule has 0 saturated carbocycles. The minimum absolute atomic E-state index is 0.0564. The molecule has 0 unspecified atom stereocenters. The van der Waals surface area contributed by atoms with E-state index in [4.69, 9.17) is 17.3 Å². The molecule has 4 nitrogen and oxygen atoms in total. The van der Waals surface area contributed by atoms with Gasteiger partial charge in [-0.3, -0.25) is 0 Å². The summed E-state index contributed by atoms with van der Waals surface area (Å²) in [5.41, 5.74) is 8.15. The highest BCUT2D eigenvalue weighted by Gasteiger charge is 2.16. The van der Waals surface area contributed by atoms with Crippen LogP contribution in [0.25, 0.3) is 0 Å². The van der Waals surface area contributed by atoms with Crippen LogP contribution in [0.15, 0.2) is 36.4 Å². The Hall–Kier alpha value is -2.07. The summed E-state index contributed by atoms with van der Waals surface area (Å²) >= 11 is 5.91. The molecule has 0 atom stereocenters. The second-order valence-electron chi connectivity index (χ2n) is 4.02. The molecule has 0 radical (unpaired) electrons. The number of pyridine rings is 1. The van der Waals surface area contributed by atoms with Gasteiger partial charge < -0.3 is 10.5 Å². The molecule has 2 aromatic rings. The summed E-state index contributed by atoms with van der Waals surface area (Å²) in [6.45, 7) is 0. The van der Waals surface area contributed by atoms with E-state index in [0.29, 0.717) is 12.1 Å². The molecule has 0 aliphatic carbocycles. The highest BCUT2D eigenvalue weighted by atomic mass is 35.5. The lowest BCUT2D eigenvalue weighted by Crippen LogP contribution is -2.11. The minimum Gasteiger partial charge on any atom is -0.464 e. The van der Waals surface area contributed by atoms with Crippen molar-refractivity contribution < 1.29 is 9.53 Å². The van der Waals surface area contributed by atoms with Gasteiger partial charge in [0.25, 0.3) is 0 Å². The number of hydrogen-bond acceptors (Lipinski definition) is 4. The normalized spacial score (nSPS) is 10.2. The van der Waals surface area contributed by atoms with Crippen molar-refractivity contribution in [3.05, 3.63) is 58.4 Å². The number of hydrogen-bond donors (Lipinski definition) is 1. The number of nitrogens with zero attached hydrogens (tertiary/aromatic N) is 1. The van der Waals surface area contributed by atoms with Crippen LogP contribution < -0.4 is 5.73 Å². The number of anilines is 1. The van der Waals surface area contributed by atoms with E-state index in [-0.39, 0.29) is 10.8 Å². The molecule has 19 heavy (non-hydrogen) atoms. The second kappa shape index (κ2) is 5.71. The van der Waals surface area contributed by atoms with E-state index in [2.05, 4.69) is 9.72 Å². The molecular formula is C14H13ClN2O2. The first kappa shape index (κ1) is 13.4. The maximum absolute atomic E-state index is 11.6. The second-order valence-corrected chi connectivity index (χ2v) is 4.41. The molecule has 0 aliphatic rings. The first-order valence-electron chi connectivity index (χ1n) is 5.69. The summed E-state index contributed by atoms with van der Waals surface area (Å²) in [5.74, 6) is -0.589. The Kier molecular flexibility index (Phi) is 4.02. The zero-order valence-electron chi connectivity index (χ0n) is 10.4. The van der Waals surface area contributed by atoms with E-state index in [1.54, 1.807) is 6.07 Å². The van der Waals surface area contributed by atoms with Gasteiger partial charge in [0.2, 0.25) is 0 Å². The average molecular weight is 277 g/mol. The summed E-state index contributed by atoms with van der Waals surface area (Å²) in [5, 5.41) is 0.223. The van der Waals surface area contributed by atoms with E-state index in [0.717, 1.165) is 11.1 Å². The van der Waals surface area contributed by atoms with Crippen LogP contribution in [0.1, 0.15) is 21.6 Å². The number of ether oxygens (including phenoxy) is 1. The number of aromatic nitrogens is 1. The fourth-order valence-corrected chi connectivity index (χ4v) is 2.00. The van der Waals surface area contributed by atoms with Crippen molar-refractivity contribution in [2.24, 2.45) is 0 Å². The third-order valence-corrected chi connectivity index (χ3v) is 2.92. The van der Waals surface area contributed by atoms with Crippen molar-refractivity contribution in [2.75, 3.05) is 12.8 Å². The van der Waals surface area contributed by atoms with E-state index in [1.165, 1.54) is 7.11 Å². The Bertz CT molecular complexity index is 600. The fraction of sp³-hybridized carbons (Fsp3) is 0.143. The quantitative estimate of drug-likeness (QED) is 0.691. The van der Waals surface area contributed by atoms with Crippen molar-refractivity contribution in [3.63, 3.8) is 0 Å². The van der Waals surface area contributed by atoms with Crippen LogP contribution in [0, 0.1) is 0 Å². The van der Waals surface area contributed by atoms with Crippen LogP contribution in [-0.2, 0) is 11.2 Å². The first-order valence-corrected chi connectivity index (χ1v) is 6.06. The largest absolute Gasteiger partial charge is 0.464 e. The van der Waals surface area contributed by atoms with Gasteiger partial charge in [-0.15, -0.1) is 0 Å². The van der Waals surface area contributed by atoms with Gasteiger partial charge in [-0.25, -0.2) is 9.78 Å². The number of rotatable bonds is 3. The van der Waals surface area contributed by atoms with Gasteiger partial charge in [-0.2, -0.15) is 0 Å². The Labute approximate surface area is 116 Å². The highest BCUT2D eigenvalue weighted by Crippen LogP contribution is 2.23. The fourth-order valence-electron chi connectivity index (χ4n) is 1.79. The molecule has 1 aromatic heterocycles. The van der Waals surface area contributed by atoms with Crippen molar-refractivity contribution in [1.82, 2.24) is 4.98 Å². The average Bonchev–Trinajstić information content (AvgIpc) is 2.42. The molecule has 1 heterocycles. The topological polar surface area (TPSA) is 65.2 Å². The van der Waals surface area contributed by atoms with E-state index in [1.807, 2.05) is 30.3 Å². The van der Waals surface area contributed by atoms with Crippen LogP contribution in [0.5, 0.6) is 0 Å². The number of nitrogen functional groups attached to an aromatic ring is 1. The molecule has 0 bridgehead atoms. The zero-order valence-corrected chi connectivity index (χ0v) is 11.1. The Balaban J connectivity index is 2.41. The smallest absolute Gasteiger partial charge is 0.358 e. The highest BCUT2D eigenvalue weighted by molar-refractivity contribution is 6.29. The van der Waals surface area contributed by atoms with Crippen molar-refractivity contribution >= 4 is 23.3 Å². The molecule has 0 amide bonds. The molecule has 1 aromatic carbocycles. The van der Waals surface area contributed by atoms with Gasteiger partial charge in [-0.05, 0) is 23.6 Å². The lowest BCUT2D eigenvalue weighted by atomic mass is 10.0. The van der Waals surface area contributed by atoms with E-state index in [9.17, 15) is 4.79 Å². The number of methoxy groups -OCH3 is 1. The molecule has 5 heteroatoms. The van der Waals surface area contributed by atoms with Crippen LogP contribution in [-0.4, -0.2) is 18.1 Å². The first-order chi connectivity index (χ1) is 9.11. The summed E-state index contributed by atoms with van der Waals surface area (Å²) in [4.78, 5) is 15.5. The number of nitrogens with two attached hydrogens (primary N) is 1. The molecule has 2 rings (SSSR count). The third kappa shape index (κ3) is 3.03. The summed E-state index contributed by atoms with van der Waals surface area (Å²) in [6.07, 6.45) is 0.582. The summed E-state index contributed by atoms with van der Waals surface area (Å²) < 4.78 is 4.64. The maximum atomic E-state index is 11.6. The minimum atomic E-state index is -0.589. The van der Waals surface area contributed by atoms with Gasteiger partial charge in [0.05, 0.1) is 12.8 Å². The van der Waals surface area contributed by atoms with Gasteiger partial charge in [0, 0.05) is 0 Å². The Morgan fingerprint density at radius 3 is 2.68 bits per heavy atom. The molecule has 98 valence electrons. The van der Waals surface area contributed by atoms with Gasteiger partial charge >= 0.3 is 5.97 Å². The Morgan fingerprint density at radius 2 is 2.05 bits per heavy atom. The lowest BCUT2D eigenvalue weighted by molar-refractivity contribution is 0.0595. The van der Waals surface area contributed by atoms with E-state index >= 15 is 0 Å². The van der Waals surface area contributed by atoms with E-state index < -0.39 is 5.97 Å². The molecule has 0 saturated heterocycles. The third-order valence-electron chi connectivity index (χ3n) is 2.73. The number of carbonyl (C=O) groups is 1. The van der Waals surface area contributed by atoms with Crippen LogP contribution in [0.4, 0.5) is 5.69 Å². The van der Waals surface area contributed by atoms with Crippen LogP contribution in [0.3, 0.4) is 0 Å². The molecule has 0 fully saturated rings. The Morgan fingerprint density at radius 1 is 1.37 bits per heavy atom. The summed E-state index contributed by atoms with van der Waals surface area (Å²) in [6, 6.07) is 11.4. The molecule has 0 spiro atoms. The number of halogens is 1. The van der Waals surface area contributed by atoms with Crippen LogP contribution >= 0.6 is 11.6 Å². The monoisotopic (exact) mass is 276 g/mol. The summed E-state index contributed by atoms with van der Waals surface area (Å²) in [7, 11) is 1.28. The molecular weight excluding hydrogens is 264 g/mol. The van der Waals surface area contributed by atoms with Crippen LogP contribution in [0.2, 0.25) is 5.15 Å². The standard InChI is InChI=1S/C14H13ClN2O2/c1-19-14(18)13-12(16)10(8-11(15)17-13)7-9-5-3-2-4-6-9/h2-6,8H,7,16H2,1H3. The van der Waals surface area contributed by atoms with Crippen molar-refractivity contribution in [2.45, 2.75) is 6.42 Å². The van der Waals surface area contributed by atoms with Gasteiger partial charge in [0.1, 0.15) is 5.15 Å². The predicted octanol–water partition coefficient (Wildman–Crippen LogP) is 2.69. The molecule has 2 N–H and O–H groups in total. The van der Waals surface area contributed by atoms with Crippen molar-refractivity contribution in [1.29, 1.82) is 0 Å². The number of carbonyl (C=O) groups excluding carboxylic acids is 1. The van der Waals surface area contributed by atoms with Crippen molar-refractivity contribution in [3.8, 4) is 0 Å². The number of benzene rings is 1. The maximum Gasteiger partial charge on any atom is 0.358 e. The molecule has 0 aliphatic heterocycles. The zero-order chi connectivity index (χ0) is 13.8. The number of esters is 1. The van der Waals surface area contributed by atoms with Gasteiger partial charge in [-0.1, -0.05) is 41.9 Å². The van der Waals surface area contributed by atoms with Gasteiger partial charge in [0.15, 0.2) is 5.69 Å². The SMILES string of the molecule is COC(=O)c1nc(Cl)cc(Cc2ccccc2)c1N. The lowest BCUT2D eigenvalue weighted by Gasteiger charge is -2.10. The predicted molar refractivity (Wildman–Crippen MR) is 74.2 cm³/mol.